The van der Waals surface area contributed by atoms with Gasteiger partial charge < -0.3 is 9.40 Å². The molecule has 0 saturated heterocycles. The highest BCUT2D eigenvalue weighted by Crippen LogP contribution is 2.29. The zero-order valence-corrected chi connectivity index (χ0v) is 10.5. The molecule has 0 fully saturated rings. The van der Waals surface area contributed by atoms with Gasteiger partial charge in [-0.05, 0) is 30.7 Å². The number of nitrogens with zero attached hydrogens (tertiary/aromatic N) is 1. The van der Waals surface area contributed by atoms with Crippen molar-refractivity contribution < 1.29 is 4.42 Å². The first-order chi connectivity index (χ1) is 9.31. The summed E-state index contributed by atoms with van der Waals surface area (Å²) >= 11 is 0. The largest absolute Gasteiger partial charge is 0.464 e. The van der Waals surface area contributed by atoms with Crippen molar-refractivity contribution in [3.05, 3.63) is 54.3 Å². The van der Waals surface area contributed by atoms with Crippen molar-refractivity contribution in [1.82, 2.24) is 9.97 Å². The van der Waals surface area contributed by atoms with Crippen molar-refractivity contribution in [2.45, 2.75) is 6.92 Å². The first-order valence-electron chi connectivity index (χ1n) is 6.24. The number of furan rings is 1. The van der Waals surface area contributed by atoms with Crippen LogP contribution in [0.15, 0.2) is 53.1 Å². The van der Waals surface area contributed by atoms with Gasteiger partial charge in [0.1, 0.15) is 17.7 Å². The third-order valence-corrected chi connectivity index (χ3v) is 3.37. The summed E-state index contributed by atoms with van der Waals surface area (Å²) in [6, 6.07) is 14.2. The molecule has 19 heavy (non-hydrogen) atoms. The second kappa shape index (κ2) is 3.72. The molecule has 92 valence electrons. The molecule has 0 unspecified atom stereocenters. The van der Waals surface area contributed by atoms with E-state index >= 15 is 0 Å². The number of para-hydroxylation sites is 1. The number of nitrogens with one attached hydrogen (secondary N) is 1. The van der Waals surface area contributed by atoms with Gasteiger partial charge in [0.2, 0.25) is 0 Å². The smallest absolute Gasteiger partial charge is 0.142 e. The quantitative estimate of drug-likeness (QED) is 0.546. The van der Waals surface area contributed by atoms with E-state index in [1.54, 1.807) is 6.26 Å². The van der Waals surface area contributed by atoms with Gasteiger partial charge in [-0.2, -0.15) is 0 Å². The van der Waals surface area contributed by atoms with Crippen molar-refractivity contribution in [2.24, 2.45) is 0 Å². The molecule has 2 aromatic carbocycles. The topological polar surface area (TPSA) is 41.8 Å². The summed E-state index contributed by atoms with van der Waals surface area (Å²) in [7, 11) is 0. The maximum absolute atomic E-state index is 5.56. The fourth-order valence-electron chi connectivity index (χ4n) is 2.41. The Bertz CT molecular complexity index is 886. The fourth-order valence-corrected chi connectivity index (χ4v) is 2.41. The maximum Gasteiger partial charge on any atom is 0.142 e. The van der Waals surface area contributed by atoms with Crippen LogP contribution < -0.4 is 0 Å². The molecule has 2 aromatic heterocycles. The van der Waals surface area contributed by atoms with Gasteiger partial charge in [0.05, 0.1) is 16.6 Å². The number of aromatic amines is 1. The predicted octanol–water partition coefficient (Wildman–Crippen LogP) is 4.28. The summed E-state index contributed by atoms with van der Waals surface area (Å²) in [5.74, 6) is 0.852. The van der Waals surface area contributed by atoms with Crippen LogP contribution in [-0.2, 0) is 0 Å². The van der Waals surface area contributed by atoms with Crippen molar-refractivity contribution in [1.29, 1.82) is 0 Å². The van der Waals surface area contributed by atoms with Gasteiger partial charge in [-0.1, -0.05) is 24.3 Å². The number of rotatable bonds is 1. The number of benzene rings is 2. The second-order valence-electron chi connectivity index (χ2n) is 4.75. The maximum atomic E-state index is 5.56. The molecule has 0 bridgehead atoms. The molecule has 0 spiro atoms. The molecule has 3 nitrogen and oxygen atoms in total. The van der Waals surface area contributed by atoms with Crippen molar-refractivity contribution >= 4 is 22.0 Å². The van der Waals surface area contributed by atoms with Gasteiger partial charge in [-0.15, -0.1) is 0 Å². The predicted molar refractivity (Wildman–Crippen MR) is 76.0 cm³/mol. The highest BCUT2D eigenvalue weighted by atomic mass is 16.3. The first-order valence-corrected chi connectivity index (χ1v) is 6.24. The monoisotopic (exact) mass is 248 g/mol. The van der Waals surface area contributed by atoms with Gasteiger partial charge in [-0.3, -0.25) is 0 Å². The van der Waals surface area contributed by atoms with Crippen LogP contribution in [0.3, 0.4) is 0 Å². The molecule has 0 radical (unpaired) electrons. The van der Waals surface area contributed by atoms with Crippen LogP contribution in [0.5, 0.6) is 0 Å². The molecule has 4 aromatic rings. The summed E-state index contributed by atoms with van der Waals surface area (Å²) in [5, 5.41) is 1.08. The molecule has 0 amide bonds. The first kappa shape index (κ1) is 10.4. The van der Waals surface area contributed by atoms with E-state index in [1.165, 1.54) is 5.56 Å². The van der Waals surface area contributed by atoms with Gasteiger partial charge in [0, 0.05) is 5.39 Å². The van der Waals surface area contributed by atoms with E-state index in [-0.39, 0.29) is 0 Å². The Kier molecular flexibility index (Phi) is 2.03. The number of H-pyrrole nitrogens is 1. The number of hydrogen-bond donors (Lipinski definition) is 1. The van der Waals surface area contributed by atoms with E-state index in [4.69, 9.17) is 4.42 Å². The molecule has 0 aliphatic rings. The minimum Gasteiger partial charge on any atom is -0.464 e. The number of hydrogen-bond acceptors (Lipinski definition) is 2. The second-order valence-corrected chi connectivity index (χ2v) is 4.75. The summed E-state index contributed by atoms with van der Waals surface area (Å²) in [5.41, 5.74) is 5.14. The molecule has 3 heteroatoms. The summed E-state index contributed by atoms with van der Waals surface area (Å²) in [6.07, 6.45) is 1.76. The van der Waals surface area contributed by atoms with Crippen LogP contribution in [0.25, 0.3) is 33.4 Å². The standard InChI is InChI=1S/C16H12N2O/c1-10-6-7-13-14(8-10)18-16(17-13)12-9-19-15-5-3-2-4-11(12)15/h2-9H,1H3,(H,17,18). The number of imidazole rings is 1. The van der Waals surface area contributed by atoms with Crippen molar-refractivity contribution in [3.63, 3.8) is 0 Å². The third-order valence-electron chi connectivity index (χ3n) is 3.37. The van der Waals surface area contributed by atoms with Crippen LogP contribution in [0.1, 0.15) is 5.56 Å². The highest BCUT2D eigenvalue weighted by Gasteiger charge is 2.11. The highest BCUT2D eigenvalue weighted by molar-refractivity contribution is 5.93. The molecule has 4 rings (SSSR count). The molecule has 0 atom stereocenters. The van der Waals surface area contributed by atoms with Gasteiger partial charge >= 0.3 is 0 Å². The zero-order valence-electron chi connectivity index (χ0n) is 10.5. The van der Waals surface area contributed by atoms with Gasteiger partial charge in [-0.25, -0.2) is 4.98 Å². The molecular formula is C16H12N2O. The molecule has 0 saturated carbocycles. The average molecular weight is 248 g/mol. The molecular weight excluding hydrogens is 236 g/mol. The lowest BCUT2D eigenvalue weighted by atomic mass is 10.2. The number of fused-ring (bicyclic) bond motifs is 2. The lowest BCUT2D eigenvalue weighted by molar-refractivity contribution is 0.616. The molecule has 0 aliphatic heterocycles. The minimum atomic E-state index is 0.852. The van der Waals surface area contributed by atoms with Crippen LogP contribution in [0.4, 0.5) is 0 Å². The minimum absolute atomic E-state index is 0.852. The fraction of sp³-hybridized carbons (Fsp3) is 0.0625. The summed E-state index contributed by atoms with van der Waals surface area (Å²) < 4.78 is 5.56. The van der Waals surface area contributed by atoms with Crippen LogP contribution in [0, 0.1) is 6.92 Å². The average Bonchev–Trinajstić information content (AvgIpc) is 3.00. The third kappa shape index (κ3) is 1.55. The lowest BCUT2D eigenvalue weighted by Crippen LogP contribution is -1.77. The Morgan fingerprint density at radius 2 is 2.00 bits per heavy atom. The summed E-state index contributed by atoms with van der Waals surface area (Å²) in [4.78, 5) is 7.99. The number of aryl methyl sites for hydroxylation is 1. The van der Waals surface area contributed by atoms with Crippen molar-refractivity contribution in [2.75, 3.05) is 0 Å². The Morgan fingerprint density at radius 3 is 2.95 bits per heavy atom. The van der Waals surface area contributed by atoms with E-state index in [9.17, 15) is 0 Å². The molecule has 2 heterocycles. The molecule has 1 N–H and O–H groups in total. The van der Waals surface area contributed by atoms with E-state index in [0.29, 0.717) is 0 Å². The lowest BCUT2D eigenvalue weighted by Gasteiger charge is -1.91. The summed E-state index contributed by atoms with van der Waals surface area (Å²) in [6.45, 7) is 2.08. The van der Waals surface area contributed by atoms with Gasteiger partial charge in [0.15, 0.2) is 0 Å². The Hall–Kier alpha value is -2.55. The SMILES string of the molecule is Cc1ccc2nc(-c3coc4ccccc34)[nH]c2c1. The van der Waals surface area contributed by atoms with E-state index in [2.05, 4.69) is 29.0 Å². The van der Waals surface area contributed by atoms with E-state index in [1.807, 2.05) is 30.3 Å². The van der Waals surface area contributed by atoms with Crippen LogP contribution >= 0.6 is 0 Å². The Morgan fingerprint density at radius 1 is 1.11 bits per heavy atom. The van der Waals surface area contributed by atoms with E-state index < -0.39 is 0 Å². The zero-order chi connectivity index (χ0) is 12.8. The Balaban J connectivity index is 1.99. The Labute approximate surface area is 109 Å². The van der Waals surface area contributed by atoms with Gasteiger partial charge in [0.25, 0.3) is 0 Å². The number of aromatic nitrogens is 2. The molecule has 0 aliphatic carbocycles. The van der Waals surface area contributed by atoms with Crippen LogP contribution in [0.2, 0.25) is 0 Å². The van der Waals surface area contributed by atoms with Crippen molar-refractivity contribution in [3.8, 4) is 11.4 Å². The normalized spacial score (nSPS) is 11.4. The van der Waals surface area contributed by atoms with E-state index in [0.717, 1.165) is 33.4 Å². The van der Waals surface area contributed by atoms with Crippen LogP contribution in [-0.4, -0.2) is 9.97 Å².